The second-order valence-electron chi connectivity index (χ2n) is 4.88. The predicted molar refractivity (Wildman–Crippen MR) is 94.2 cm³/mol. The van der Waals surface area contributed by atoms with Crippen molar-refractivity contribution in [1.29, 1.82) is 0 Å². The average Bonchev–Trinajstić information content (AvgIpc) is 2.61. The second kappa shape index (κ2) is 9.91. The van der Waals surface area contributed by atoms with Crippen LogP contribution >= 0.6 is 18.2 Å². The van der Waals surface area contributed by atoms with Gasteiger partial charge in [0.1, 0.15) is 0 Å². The Morgan fingerprint density at radius 2 is 1.35 bits per heavy atom. The average molecular weight is 352 g/mol. The molecule has 0 aliphatic rings. The molecule has 1 N–H and O–H groups in total. The van der Waals surface area contributed by atoms with Crippen LogP contribution in [0.25, 0.3) is 0 Å². The molecule has 0 bridgehead atoms. The molecule has 124 valence electrons. The molecule has 0 fully saturated rings. The zero-order valence-corrected chi connectivity index (χ0v) is 14.5. The molecule has 0 aliphatic heterocycles. The number of rotatable bonds is 10. The maximum Gasteiger partial charge on any atom is 0.389 e. The summed E-state index contributed by atoms with van der Waals surface area (Å²) in [5.74, 6) is 0.525. The van der Waals surface area contributed by atoms with Crippen molar-refractivity contribution in [2.45, 2.75) is 19.6 Å². The van der Waals surface area contributed by atoms with E-state index in [-0.39, 0.29) is 19.8 Å². The summed E-state index contributed by atoms with van der Waals surface area (Å²) < 4.78 is 24.1. The molecule has 2 aromatic carbocycles. The van der Waals surface area contributed by atoms with Crippen LogP contribution in [0.15, 0.2) is 60.7 Å². The normalized spacial score (nSPS) is 11.5. The Kier molecular flexibility index (Phi) is 7.86. The highest BCUT2D eigenvalue weighted by atomic mass is 32.7. The first-order chi connectivity index (χ1) is 11.2. The van der Waals surface area contributed by atoms with Gasteiger partial charge in [-0.25, -0.2) is 4.57 Å². The van der Waals surface area contributed by atoms with Gasteiger partial charge in [0.05, 0.1) is 13.2 Å². The first-order valence-corrected chi connectivity index (χ1v) is 10.6. The van der Waals surface area contributed by atoms with Crippen molar-refractivity contribution in [3.8, 4) is 0 Å². The summed E-state index contributed by atoms with van der Waals surface area (Å²) in [5, 5.41) is 8.89. The van der Waals surface area contributed by atoms with Crippen LogP contribution in [-0.4, -0.2) is 17.5 Å². The zero-order chi connectivity index (χ0) is 16.4. The molecular weight excluding hydrogens is 331 g/mol. The Labute approximate surface area is 141 Å². The minimum Gasteiger partial charge on any atom is -0.396 e. The molecule has 23 heavy (non-hydrogen) atoms. The lowest BCUT2D eigenvalue weighted by Crippen LogP contribution is -1.97. The minimum atomic E-state index is -3.27. The summed E-state index contributed by atoms with van der Waals surface area (Å²) in [6.07, 6.45) is 0.554. The highest BCUT2D eigenvalue weighted by Gasteiger charge is 2.25. The Morgan fingerprint density at radius 1 is 0.870 bits per heavy atom. The standard InChI is InChI=1S/C17H21O4PS/c18-12-7-13-23-22(19,20-14-16-8-3-1-4-9-16)21-15-17-10-5-2-6-11-17/h1-6,8-11,18H,7,12-15H2. The number of hydrogen-bond acceptors (Lipinski definition) is 5. The van der Waals surface area contributed by atoms with Crippen molar-refractivity contribution in [3.05, 3.63) is 71.8 Å². The van der Waals surface area contributed by atoms with Gasteiger partial charge in [-0.15, -0.1) is 0 Å². The van der Waals surface area contributed by atoms with Crippen molar-refractivity contribution < 1.29 is 18.7 Å². The Morgan fingerprint density at radius 3 is 1.78 bits per heavy atom. The fraction of sp³-hybridized carbons (Fsp3) is 0.294. The van der Waals surface area contributed by atoms with Gasteiger partial charge in [-0.3, -0.25) is 9.05 Å². The van der Waals surface area contributed by atoms with Gasteiger partial charge in [-0.1, -0.05) is 60.7 Å². The maximum atomic E-state index is 12.9. The van der Waals surface area contributed by atoms with E-state index >= 15 is 0 Å². The fourth-order valence-electron chi connectivity index (χ4n) is 1.81. The summed E-state index contributed by atoms with van der Waals surface area (Å²) in [6.45, 7) is -2.74. The third kappa shape index (κ3) is 6.90. The molecule has 0 aliphatic carbocycles. The van der Waals surface area contributed by atoms with Crippen LogP contribution in [0.2, 0.25) is 0 Å². The Hall–Kier alpha value is -1.10. The van der Waals surface area contributed by atoms with E-state index in [1.54, 1.807) is 0 Å². The van der Waals surface area contributed by atoms with Gasteiger partial charge in [0.15, 0.2) is 0 Å². The lowest BCUT2D eigenvalue weighted by molar-refractivity contribution is 0.206. The molecule has 0 aromatic heterocycles. The van der Waals surface area contributed by atoms with Crippen LogP contribution in [0.5, 0.6) is 0 Å². The van der Waals surface area contributed by atoms with Crippen LogP contribution in [0.3, 0.4) is 0 Å². The highest BCUT2D eigenvalue weighted by molar-refractivity contribution is 8.55. The third-order valence-corrected chi connectivity index (χ3v) is 6.82. The molecule has 0 amide bonds. The van der Waals surface area contributed by atoms with Crippen LogP contribution in [-0.2, 0) is 26.8 Å². The van der Waals surface area contributed by atoms with Crippen LogP contribution in [0, 0.1) is 0 Å². The van der Waals surface area contributed by atoms with Crippen LogP contribution < -0.4 is 0 Å². The molecule has 0 unspecified atom stereocenters. The summed E-state index contributed by atoms with van der Waals surface area (Å²) >= 11 is 1.14. The van der Waals surface area contributed by atoms with Crippen molar-refractivity contribution >= 4 is 18.2 Å². The van der Waals surface area contributed by atoms with E-state index in [4.69, 9.17) is 14.2 Å². The molecule has 2 aromatic rings. The highest BCUT2D eigenvalue weighted by Crippen LogP contribution is 2.61. The van der Waals surface area contributed by atoms with E-state index in [9.17, 15) is 4.57 Å². The van der Waals surface area contributed by atoms with Crippen LogP contribution in [0.4, 0.5) is 0 Å². The van der Waals surface area contributed by atoms with Gasteiger partial charge in [0, 0.05) is 12.4 Å². The van der Waals surface area contributed by atoms with Crippen molar-refractivity contribution in [2.75, 3.05) is 12.4 Å². The summed E-state index contributed by atoms with van der Waals surface area (Å²) in [7, 11) is 0. The summed E-state index contributed by atoms with van der Waals surface area (Å²) in [4.78, 5) is 0. The van der Waals surface area contributed by atoms with E-state index < -0.39 is 6.80 Å². The van der Waals surface area contributed by atoms with E-state index in [1.807, 2.05) is 60.7 Å². The second-order valence-corrected chi connectivity index (χ2v) is 9.07. The zero-order valence-electron chi connectivity index (χ0n) is 12.8. The monoisotopic (exact) mass is 352 g/mol. The topological polar surface area (TPSA) is 55.8 Å². The van der Waals surface area contributed by atoms with E-state index in [2.05, 4.69) is 0 Å². The van der Waals surface area contributed by atoms with E-state index in [0.717, 1.165) is 22.5 Å². The maximum absolute atomic E-state index is 12.9. The van der Waals surface area contributed by atoms with Crippen molar-refractivity contribution in [1.82, 2.24) is 0 Å². The molecular formula is C17H21O4PS. The van der Waals surface area contributed by atoms with E-state index in [0.29, 0.717) is 12.2 Å². The smallest absolute Gasteiger partial charge is 0.389 e. The predicted octanol–water partition coefficient (Wildman–Crippen LogP) is 4.64. The molecule has 0 atom stereocenters. The Balaban J connectivity index is 1.94. The summed E-state index contributed by atoms with van der Waals surface area (Å²) in [6, 6.07) is 19.1. The molecule has 4 nitrogen and oxygen atoms in total. The SMILES string of the molecule is O=P(OCc1ccccc1)(OCc1ccccc1)SCCCO. The molecule has 2 rings (SSSR count). The molecule has 6 heteroatoms. The van der Waals surface area contributed by atoms with Gasteiger partial charge in [0.25, 0.3) is 0 Å². The quantitative estimate of drug-likeness (QED) is 0.498. The van der Waals surface area contributed by atoms with Gasteiger partial charge in [-0.2, -0.15) is 0 Å². The Bertz CT molecular complexity index is 559. The minimum absolute atomic E-state index is 0.0599. The van der Waals surface area contributed by atoms with Gasteiger partial charge in [0.2, 0.25) is 0 Å². The number of benzene rings is 2. The molecule has 0 radical (unpaired) electrons. The largest absolute Gasteiger partial charge is 0.396 e. The first-order valence-electron chi connectivity index (χ1n) is 7.44. The first kappa shape index (κ1) is 18.2. The van der Waals surface area contributed by atoms with Crippen molar-refractivity contribution in [2.24, 2.45) is 0 Å². The summed E-state index contributed by atoms with van der Waals surface area (Å²) in [5.41, 5.74) is 1.89. The third-order valence-electron chi connectivity index (χ3n) is 3.02. The van der Waals surface area contributed by atoms with Crippen LogP contribution in [0.1, 0.15) is 17.5 Å². The lowest BCUT2D eigenvalue weighted by Gasteiger charge is -2.18. The fourth-order valence-corrected chi connectivity index (χ4v) is 4.95. The lowest BCUT2D eigenvalue weighted by atomic mass is 10.2. The number of aliphatic hydroxyl groups is 1. The molecule has 0 saturated carbocycles. The van der Waals surface area contributed by atoms with Crippen molar-refractivity contribution in [3.63, 3.8) is 0 Å². The van der Waals surface area contributed by atoms with Gasteiger partial charge in [-0.05, 0) is 28.9 Å². The van der Waals surface area contributed by atoms with Gasteiger partial charge < -0.3 is 5.11 Å². The number of hydrogen-bond donors (Lipinski definition) is 1. The van der Waals surface area contributed by atoms with E-state index in [1.165, 1.54) is 0 Å². The van der Waals surface area contributed by atoms with Gasteiger partial charge >= 0.3 is 6.80 Å². The molecule has 0 spiro atoms. The molecule has 0 heterocycles. The number of aliphatic hydroxyl groups excluding tert-OH is 1. The molecule has 0 saturated heterocycles.